The molecule has 0 N–H and O–H groups in total. The van der Waals surface area contributed by atoms with Gasteiger partial charge in [0.25, 0.3) is 0 Å². The fraction of sp³-hybridized carbons (Fsp3) is 0.473. The molecule has 0 saturated heterocycles. The number of allylic oxidation sites excluding steroid dienone is 16. The number of halogens is 4. The van der Waals surface area contributed by atoms with Crippen LogP contribution >= 0.6 is 23.2 Å². The van der Waals surface area contributed by atoms with E-state index >= 15 is 0 Å². The van der Waals surface area contributed by atoms with Crippen LogP contribution < -0.4 is 24.8 Å². The van der Waals surface area contributed by atoms with Crippen LogP contribution in [0.2, 0.25) is 13.7 Å². The molecule has 0 amide bonds. The second-order valence-corrected chi connectivity index (χ2v) is 28.1. The maximum Gasteiger partial charge on any atom is -1.00 e. The van der Waals surface area contributed by atoms with Crippen molar-refractivity contribution in [1.29, 1.82) is 0 Å². The number of fused-ring (bicyclic) bond motifs is 8. The number of hydrogen-bond acceptors (Lipinski definition) is 0. The first-order chi connectivity index (χ1) is 27.2. The molecule has 0 heterocycles. The Morgan fingerprint density at radius 2 is 1.17 bits per heavy atom. The van der Waals surface area contributed by atoms with Gasteiger partial charge in [-0.1, -0.05) is 0 Å². The summed E-state index contributed by atoms with van der Waals surface area (Å²) < 4.78 is 3.76. The molecule has 6 aliphatic rings. The zero-order valence-corrected chi connectivity index (χ0v) is 43.5. The average Bonchev–Trinajstić information content (AvgIpc) is 3.68. The van der Waals surface area contributed by atoms with Gasteiger partial charge in [0.05, 0.1) is 0 Å². The molecule has 318 valence electrons. The van der Waals surface area contributed by atoms with E-state index in [0.29, 0.717) is 15.5 Å². The molecule has 10 atom stereocenters. The monoisotopic (exact) mass is 956 g/mol. The van der Waals surface area contributed by atoms with Gasteiger partial charge in [0.1, 0.15) is 0 Å². The molecule has 2 saturated carbocycles. The summed E-state index contributed by atoms with van der Waals surface area (Å²) in [5, 5.41) is 1.56. The molecule has 2 aromatic rings. The van der Waals surface area contributed by atoms with Gasteiger partial charge < -0.3 is 24.8 Å². The Morgan fingerprint density at radius 3 is 1.67 bits per heavy atom. The van der Waals surface area contributed by atoms with E-state index in [9.17, 15) is 0 Å². The third-order valence-corrected chi connectivity index (χ3v) is 28.4. The largest absolute Gasteiger partial charge is 1.00 e. The molecule has 0 radical (unpaired) electrons. The number of benzene rings is 2. The Bertz CT molecular complexity index is 2260. The maximum absolute atomic E-state index is 6.76. The Labute approximate surface area is 393 Å². The van der Waals surface area contributed by atoms with E-state index < -0.39 is 21.3 Å². The summed E-state index contributed by atoms with van der Waals surface area (Å²) in [4.78, 5) is 0. The van der Waals surface area contributed by atoms with E-state index in [2.05, 4.69) is 211 Å². The Balaban J connectivity index is 0.00000302. The van der Waals surface area contributed by atoms with Gasteiger partial charge in [0, 0.05) is 0 Å². The maximum atomic E-state index is 6.76. The molecule has 0 spiro atoms. The summed E-state index contributed by atoms with van der Waals surface area (Å²) in [5.41, 5.74) is 4.60. The second kappa shape index (κ2) is 16.1. The van der Waals surface area contributed by atoms with Crippen molar-refractivity contribution in [3.8, 4) is 0 Å². The van der Waals surface area contributed by atoms with Gasteiger partial charge in [-0.2, -0.15) is 0 Å². The first kappa shape index (κ1) is 47.7. The van der Waals surface area contributed by atoms with Crippen molar-refractivity contribution in [2.75, 3.05) is 0 Å². The van der Waals surface area contributed by atoms with Crippen molar-refractivity contribution < 1.29 is 46.1 Å². The summed E-state index contributed by atoms with van der Waals surface area (Å²) in [6, 6.07) is 17.8. The van der Waals surface area contributed by atoms with Crippen LogP contribution in [0.25, 0.3) is 0 Å². The number of unbranched alkanes of at least 4 members (excludes halogenated alkanes) is 1. The smallest absolute Gasteiger partial charge is 1.00 e. The van der Waals surface area contributed by atoms with Gasteiger partial charge in [-0.25, -0.2) is 0 Å². The minimum Gasteiger partial charge on any atom is -1.00 e. The van der Waals surface area contributed by atoms with E-state index in [-0.39, 0.29) is 68.1 Å². The SMILES string of the molecule is CCCCC1C=C(C(C)(C)C)C=[C]1[Zr+2](=[C](c1ccc(Cl)cc1)c1ccc(Cl)cc1)[CH]1C2C=CC=C(C)C2(C)C2(C)C3(C)C=CC=CC3(C)C3(C)C=CC=CC3(C)C12C.[Cl-].[Cl-]. The summed E-state index contributed by atoms with van der Waals surface area (Å²) in [7, 11) is 0. The molecule has 2 aromatic carbocycles. The van der Waals surface area contributed by atoms with Crippen LogP contribution in [0.4, 0.5) is 0 Å². The zero-order valence-electron chi connectivity index (χ0n) is 38.0. The van der Waals surface area contributed by atoms with Gasteiger partial charge in [-0.15, -0.1) is 0 Å². The van der Waals surface area contributed by atoms with Crippen molar-refractivity contribution in [3.05, 3.63) is 163 Å². The molecular weight excluding hydrogens is 894 g/mol. The standard InChI is InChI=1S/C29H37.C13H8Cl2.C13H21.2ClH.Zr/c1-21-14-13-15-22-20-27(6)25(4)18-10-9-16-23(25,2)24(3)17-11-12-19-26(24,5)29(27,8)28(21,22)7;14-12-5-1-10(2-6-12)9-11-3-7-13(15)8-4-11;1-5-6-7-11-8-9-12(10-11)13(2,3)4;;;/h9-20,22H,1-8H3;1-8H;9-11H,5-7H2,1-4H3;2*1H;/q;;;;;+2/p-2. The van der Waals surface area contributed by atoms with E-state index in [1.54, 1.807) is 6.49 Å². The predicted molar refractivity (Wildman–Crippen MR) is 248 cm³/mol. The fourth-order valence-corrected chi connectivity index (χ4v) is 26.6. The predicted octanol–water partition coefficient (Wildman–Crippen LogP) is 10.1. The first-order valence-corrected chi connectivity index (χ1v) is 26.6. The molecular formula is C55H66Cl4Zr. The van der Waals surface area contributed by atoms with Gasteiger partial charge in [0.2, 0.25) is 0 Å². The molecule has 5 heteroatoms. The minimum absolute atomic E-state index is 0. The number of rotatable bonds is 7. The van der Waals surface area contributed by atoms with Gasteiger partial charge in [-0.05, 0) is 0 Å². The van der Waals surface area contributed by atoms with Crippen LogP contribution in [0.3, 0.4) is 0 Å². The van der Waals surface area contributed by atoms with Crippen LogP contribution in [0, 0.1) is 55.2 Å². The minimum atomic E-state index is -3.29. The third kappa shape index (κ3) is 6.00. The quantitative estimate of drug-likeness (QED) is 0.260. The summed E-state index contributed by atoms with van der Waals surface area (Å²) in [6.07, 6.45) is 36.9. The first-order valence-electron chi connectivity index (χ1n) is 22.0. The summed E-state index contributed by atoms with van der Waals surface area (Å²) in [6.45, 7) is 31.0. The molecule has 0 aromatic heterocycles. The van der Waals surface area contributed by atoms with Gasteiger partial charge >= 0.3 is 372 Å². The Morgan fingerprint density at radius 1 is 0.683 bits per heavy atom. The molecule has 0 nitrogen and oxygen atoms in total. The van der Waals surface area contributed by atoms with Crippen molar-refractivity contribution in [3.63, 3.8) is 0 Å². The zero-order chi connectivity index (χ0) is 41.9. The molecule has 6 aliphatic carbocycles. The molecule has 2 fully saturated rings. The van der Waals surface area contributed by atoms with Crippen molar-refractivity contribution in [2.45, 2.75) is 106 Å². The summed E-state index contributed by atoms with van der Waals surface area (Å²) >= 11 is 10.2. The van der Waals surface area contributed by atoms with Gasteiger partial charge in [0.15, 0.2) is 0 Å². The normalized spacial score (nSPS) is 37.9. The summed E-state index contributed by atoms with van der Waals surface area (Å²) in [5.74, 6) is 0.758. The van der Waals surface area contributed by atoms with E-state index in [0.717, 1.165) is 10.0 Å². The van der Waals surface area contributed by atoms with Crippen LogP contribution in [0.1, 0.15) is 113 Å². The van der Waals surface area contributed by atoms with E-state index in [1.165, 1.54) is 41.5 Å². The Hall–Kier alpha value is -1.73. The second-order valence-electron chi connectivity index (χ2n) is 21.0. The van der Waals surface area contributed by atoms with Gasteiger partial charge in [-0.3, -0.25) is 0 Å². The molecule has 0 aliphatic heterocycles. The number of hydrogen-bond donors (Lipinski definition) is 0. The fourth-order valence-electron chi connectivity index (χ4n) is 14.5. The third-order valence-electron chi connectivity index (χ3n) is 18.5. The van der Waals surface area contributed by atoms with Crippen molar-refractivity contribution in [1.82, 2.24) is 0 Å². The average molecular weight is 960 g/mol. The molecule has 0 bridgehead atoms. The van der Waals surface area contributed by atoms with Crippen LogP contribution in [-0.2, 0) is 21.3 Å². The Kier molecular flexibility index (Phi) is 12.8. The van der Waals surface area contributed by atoms with E-state index in [4.69, 9.17) is 23.2 Å². The topological polar surface area (TPSA) is 0 Å². The van der Waals surface area contributed by atoms with Crippen LogP contribution in [0.15, 0.2) is 142 Å². The molecule has 8 rings (SSSR count). The van der Waals surface area contributed by atoms with Crippen LogP contribution in [0.5, 0.6) is 0 Å². The molecule has 60 heavy (non-hydrogen) atoms. The van der Waals surface area contributed by atoms with Crippen LogP contribution in [-0.4, -0.2) is 3.21 Å². The van der Waals surface area contributed by atoms with Crippen molar-refractivity contribution >= 4 is 26.4 Å². The van der Waals surface area contributed by atoms with E-state index in [1.807, 2.05) is 0 Å². The molecule has 10 unspecified atom stereocenters. The van der Waals surface area contributed by atoms with Crippen molar-refractivity contribution in [2.24, 2.45) is 55.2 Å².